The molecule has 1 fully saturated rings. The van der Waals surface area contributed by atoms with Crippen molar-refractivity contribution < 1.29 is 4.79 Å². The molecule has 0 atom stereocenters. The minimum absolute atomic E-state index is 0.0361. The lowest BCUT2D eigenvalue weighted by molar-refractivity contribution is 0.0940. The van der Waals surface area contributed by atoms with Gasteiger partial charge in [-0.15, -0.1) is 0 Å². The first-order valence-electron chi connectivity index (χ1n) is 8.33. The van der Waals surface area contributed by atoms with E-state index in [9.17, 15) is 4.79 Å². The number of carbonyl (C=O) groups excluding carboxylic acids is 1. The van der Waals surface area contributed by atoms with Gasteiger partial charge in [0.15, 0.2) is 0 Å². The number of hydrogen-bond acceptors (Lipinski definition) is 5. The van der Waals surface area contributed by atoms with E-state index in [1.54, 1.807) is 11.3 Å². The zero-order chi connectivity index (χ0) is 16.9. The van der Waals surface area contributed by atoms with Crippen LogP contribution in [0.2, 0.25) is 0 Å². The van der Waals surface area contributed by atoms with E-state index in [-0.39, 0.29) is 5.91 Å². The van der Waals surface area contributed by atoms with Gasteiger partial charge in [0, 0.05) is 50.2 Å². The molecule has 5 nitrogen and oxygen atoms in total. The Balaban J connectivity index is 1.53. The SMILES string of the molecule is Cc1nc(-c2ccsc2)ccc1C(=O)NCCN1CCN(C)CC1. The third-order valence-corrected chi connectivity index (χ3v) is 5.14. The first kappa shape index (κ1) is 17.1. The van der Waals surface area contributed by atoms with Crippen LogP contribution >= 0.6 is 11.3 Å². The predicted octanol–water partition coefficient (Wildman–Crippen LogP) is 2.10. The van der Waals surface area contributed by atoms with Gasteiger partial charge in [0.1, 0.15) is 0 Å². The highest BCUT2D eigenvalue weighted by Crippen LogP contribution is 2.21. The van der Waals surface area contributed by atoms with Gasteiger partial charge in [-0.25, -0.2) is 0 Å². The van der Waals surface area contributed by atoms with Gasteiger partial charge in [0.05, 0.1) is 17.0 Å². The normalized spacial score (nSPS) is 16.2. The zero-order valence-corrected chi connectivity index (χ0v) is 15.1. The van der Waals surface area contributed by atoms with Crippen molar-refractivity contribution in [2.24, 2.45) is 0 Å². The molecule has 1 aliphatic rings. The monoisotopic (exact) mass is 344 g/mol. The van der Waals surface area contributed by atoms with Gasteiger partial charge >= 0.3 is 0 Å². The maximum atomic E-state index is 12.4. The van der Waals surface area contributed by atoms with Crippen LogP contribution in [-0.4, -0.2) is 67.0 Å². The Kier molecular flexibility index (Phi) is 5.60. The van der Waals surface area contributed by atoms with Crippen LogP contribution in [0.15, 0.2) is 29.0 Å². The highest BCUT2D eigenvalue weighted by Gasteiger charge is 2.15. The lowest BCUT2D eigenvalue weighted by Crippen LogP contribution is -2.46. The molecule has 0 aromatic carbocycles. The molecule has 1 N–H and O–H groups in total. The fraction of sp³-hybridized carbons (Fsp3) is 0.444. The van der Waals surface area contributed by atoms with E-state index in [0.717, 1.165) is 49.7 Å². The largest absolute Gasteiger partial charge is 0.351 e. The molecule has 24 heavy (non-hydrogen) atoms. The summed E-state index contributed by atoms with van der Waals surface area (Å²) < 4.78 is 0. The summed E-state index contributed by atoms with van der Waals surface area (Å²) >= 11 is 1.65. The van der Waals surface area contributed by atoms with E-state index in [1.165, 1.54) is 0 Å². The number of pyridine rings is 1. The van der Waals surface area contributed by atoms with Crippen molar-refractivity contribution in [3.05, 3.63) is 40.2 Å². The Labute approximate surface area is 147 Å². The van der Waals surface area contributed by atoms with Gasteiger partial charge in [-0.2, -0.15) is 11.3 Å². The zero-order valence-electron chi connectivity index (χ0n) is 14.3. The first-order chi connectivity index (χ1) is 11.6. The van der Waals surface area contributed by atoms with Crippen LogP contribution in [-0.2, 0) is 0 Å². The summed E-state index contributed by atoms with van der Waals surface area (Å²) in [5.74, 6) is -0.0361. The molecular weight excluding hydrogens is 320 g/mol. The molecule has 1 amide bonds. The van der Waals surface area contributed by atoms with E-state index < -0.39 is 0 Å². The highest BCUT2D eigenvalue weighted by molar-refractivity contribution is 7.08. The maximum Gasteiger partial charge on any atom is 0.253 e. The molecule has 0 saturated carbocycles. The Bertz CT molecular complexity index is 678. The van der Waals surface area contributed by atoms with Crippen LogP contribution < -0.4 is 5.32 Å². The molecule has 3 heterocycles. The van der Waals surface area contributed by atoms with Crippen LogP contribution in [0.25, 0.3) is 11.3 Å². The standard InChI is InChI=1S/C18H24N4OS/c1-14-16(3-4-17(20-14)15-5-12-24-13-15)18(23)19-6-7-22-10-8-21(2)9-11-22/h3-5,12-13H,6-11H2,1-2H3,(H,19,23). The summed E-state index contributed by atoms with van der Waals surface area (Å²) in [4.78, 5) is 21.7. The Morgan fingerprint density at radius 3 is 2.71 bits per heavy atom. The summed E-state index contributed by atoms with van der Waals surface area (Å²) in [6.07, 6.45) is 0. The van der Waals surface area contributed by atoms with Crippen LogP contribution in [0, 0.1) is 6.92 Å². The van der Waals surface area contributed by atoms with Crippen LogP contribution in [0.5, 0.6) is 0 Å². The Morgan fingerprint density at radius 1 is 1.25 bits per heavy atom. The van der Waals surface area contributed by atoms with Gasteiger partial charge < -0.3 is 10.2 Å². The van der Waals surface area contributed by atoms with Gasteiger partial charge in [0.2, 0.25) is 0 Å². The summed E-state index contributed by atoms with van der Waals surface area (Å²) in [7, 11) is 2.15. The van der Waals surface area contributed by atoms with Gasteiger partial charge in [-0.3, -0.25) is 14.7 Å². The number of thiophene rings is 1. The minimum Gasteiger partial charge on any atom is -0.351 e. The summed E-state index contributed by atoms with van der Waals surface area (Å²) in [5, 5.41) is 7.12. The molecule has 6 heteroatoms. The predicted molar refractivity (Wildman–Crippen MR) is 98.6 cm³/mol. The second kappa shape index (κ2) is 7.88. The van der Waals surface area contributed by atoms with Crippen LogP contribution in [0.3, 0.4) is 0 Å². The number of likely N-dealkylation sites (N-methyl/N-ethyl adjacent to an activating group) is 1. The number of amides is 1. The summed E-state index contributed by atoms with van der Waals surface area (Å²) in [6, 6.07) is 5.84. The molecule has 0 spiro atoms. The maximum absolute atomic E-state index is 12.4. The average molecular weight is 344 g/mol. The number of hydrogen-bond donors (Lipinski definition) is 1. The summed E-state index contributed by atoms with van der Waals surface area (Å²) in [6.45, 7) is 7.81. The number of aromatic nitrogens is 1. The fourth-order valence-electron chi connectivity index (χ4n) is 2.87. The quantitative estimate of drug-likeness (QED) is 0.902. The van der Waals surface area contributed by atoms with Crippen molar-refractivity contribution >= 4 is 17.2 Å². The third kappa shape index (κ3) is 4.20. The van der Waals surface area contributed by atoms with Crippen molar-refractivity contribution in [1.82, 2.24) is 20.1 Å². The average Bonchev–Trinajstić information content (AvgIpc) is 3.11. The van der Waals surface area contributed by atoms with Crippen molar-refractivity contribution in [3.8, 4) is 11.3 Å². The van der Waals surface area contributed by atoms with E-state index in [0.29, 0.717) is 12.1 Å². The number of rotatable bonds is 5. The minimum atomic E-state index is -0.0361. The van der Waals surface area contributed by atoms with Crippen molar-refractivity contribution in [2.75, 3.05) is 46.3 Å². The van der Waals surface area contributed by atoms with Crippen molar-refractivity contribution in [2.45, 2.75) is 6.92 Å². The lowest BCUT2D eigenvalue weighted by Gasteiger charge is -2.32. The topological polar surface area (TPSA) is 48.5 Å². The van der Waals surface area contributed by atoms with Gasteiger partial charge in [-0.05, 0) is 37.6 Å². The van der Waals surface area contributed by atoms with Gasteiger partial charge in [0.25, 0.3) is 5.91 Å². The smallest absolute Gasteiger partial charge is 0.253 e. The molecule has 0 unspecified atom stereocenters. The number of nitrogens with one attached hydrogen (secondary N) is 1. The molecule has 1 aliphatic heterocycles. The molecular formula is C18H24N4OS. The van der Waals surface area contributed by atoms with Crippen LogP contribution in [0.1, 0.15) is 16.1 Å². The summed E-state index contributed by atoms with van der Waals surface area (Å²) in [5.41, 5.74) is 3.45. The van der Waals surface area contributed by atoms with Crippen molar-refractivity contribution in [3.63, 3.8) is 0 Å². The molecule has 2 aromatic heterocycles. The van der Waals surface area contributed by atoms with Crippen molar-refractivity contribution in [1.29, 1.82) is 0 Å². The fourth-order valence-corrected chi connectivity index (χ4v) is 3.52. The molecule has 128 valence electrons. The molecule has 2 aromatic rings. The highest BCUT2D eigenvalue weighted by atomic mass is 32.1. The molecule has 0 radical (unpaired) electrons. The number of aryl methyl sites for hydroxylation is 1. The van der Waals surface area contributed by atoms with Crippen LogP contribution in [0.4, 0.5) is 0 Å². The molecule has 0 aliphatic carbocycles. The van der Waals surface area contributed by atoms with E-state index >= 15 is 0 Å². The van der Waals surface area contributed by atoms with E-state index in [4.69, 9.17) is 0 Å². The molecule has 0 bridgehead atoms. The lowest BCUT2D eigenvalue weighted by atomic mass is 10.1. The molecule has 3 rings (SSSR count). The first-order valence-corrected chi connectivity index (χ1v) is 9.27. The van der Waals surface area contributed by atoms with Gasteiger partial charge in [-0.1, -0.05) is 0 Å². The second-order valence-corrected chi connectivity index (χ2v) is 7.02. The molecule has 1 saturated heterocycles. The van der Waals surface area contributed by atoms with E-state index in [1.807, 2.05) is 30.5 Å². The number of nitrogens with zero attached hydrogens (tertiary/aromatic N) is 3. The number of carbonyl (C=O) groups is 1. The Morgan fingerprint density at radius 2 is 2.04 bits per heavy atom. The number of piperazine rings is 1. The van der Waals surface area contributed by atoms with E-state index in [2.05, 4.69) is 32.5 Å². The Hall–Kier alpha value is -1.76. The third-order valence-electron chi connectivity index (χ3n) is 4.46. The second-order valence-electron chi connectivity index (χ2n) is 6.24.